The number of aromatic nitrogens is 3. The van der Waals surface area contributed by atoms with E-state index in [4.69, 9.17) is 9.72 Å². The molecule has 49 heavy (non-hydrogen) atoms. The molecule has 3 amide bonds. The van der Waals surface area contributed by atoms with E-state index < -0.39 is 29.5 Å². The van der Waals surface area contributed by atoms with Crippen LogP contribution in [-0.2, 0) is 17.5 Å². The fourth-order valence-corrected chi connectivity index (χ4v) is 6.28. The number of ether oxygens (including phenoxy) is 1. The second kappa shape index (κ2) is 11.9. The molecule has 2 aliphatic heterocycles. The van der Waals surface area contributed by atoms with Crippen molar-refractivity contribution >= 4 is 51.1 Å². The van der Waals surface area contributed by atoms with Crippen molar-refractivity contribution in [1.82, 2.24) is 24.8 Å². The van der Waals surface area contributed by atoms with Crippen molar-refractivity contribution in [2.75, 3.05) is 43.0 Å². The average Bonchev–Trinajstić information content (AvgIpc) is 3.07. The predicted molar refractivity (Wildman–Crippen MR) is 181 cm³/mol. The van der Waals surface area contributed by atoms with Crippen LogP contribution in [0.1, 0.15) is 31.9 Å². The first-order valence-corrected chi connectivity index (χ1v) is 15.9. The molecule has 10 nitrogen and oxygen atoms in total. The third-order valence-electron chi connectivity index (χ3n) is 8.61. The minimum atomic E-state index is -4.73. The molecule has 2 aliphatic rings. The van der Waals surface area contributed by atoms with Gasteiger partial charge in [0.25, 0.3) is 0 Å². The number of rotatable bonds is 3. The van der Waals surface area contributed by atoms with Crippen LogP contribution in [0.15, 0.2) is 73.1 Å². The first-order valence-electron chi connectivity index (χ1n) is 15.9. The second-order valence-corrected chi connectivity index (χ2v) is 13.2. The molecule has 0 radical (unpaired) electrons. The molecule has 0 atom stereocenters. The van der Waals surface area contributed by atoms with Gasteiger partial charge in [-0.3, -0.25) is 14.9 Å². The van der Waals surface area contributed by atoms with E-state index in [9.17, 15) is 22.8 Å². The van der Waals surface area contributed by atoms with Gasteiger partial charge in [0.15, 0.2) is 0 Å². The second-order valence-electron chi connectivity index (χ2n) is 13.2. The highest BCUT2D eigenvalue weighted by atomic mass is 19.4. The van der Waals surface area contributed by atoms with Gasteiger partial charge in [-0.15, -0.1) is 0 Å². The van der Waals surface area contributed by atoms with Crippen LogP contribution in [0.3, 0.4) is 0 Å². The lowest BCUT2D eigenvalue weighted by atomic mass is 10.0. The van der Waals surface area contributed by atoms with Crippen molar-refractivity contribution in [3.05, 3.63) is 84.2 Å². The number of nitrogens with zero attached hydrogens (tertiary/aromatic N) is 7. The summed E-state index contributed by atoms with van der Waals surface area (Å²) in [5.74, 6) is 0. The zero-order valence-electron chi connectivity index (χ0n) is 27.5. The summed E-state index contributed by atoms with van der Waals surface area (Å²) >= 11 is 0. The average molecular weight is 670 g/mol. The van der Waals surface area contributed by atoms with Gasteiger partial charge in [-0.1, -0.05) is 18.2 Å². The number of carbonyl (C=O) groups is 2. The van der Waals surface area contributed by atoms with Gasteiger partial charge in [-0.05, 0) is 63.2 Å². The van der Waals surface area contributed by atoms with Crippen molar-refractivity contribution < 1.29 is 27.5 Å². The van der Waals surface area contributed by atoms with Crippen LogP contribution in [0.4, 0.5) is 39.8 Å². The summed E-state index contributed by atoms with van der Waals surface area (Å²) in [6.07, 6.45) is -1.87. The Hall–Kier alpha value is -5.46. The quantitative estimate of drug-likeness (QED) is 0.195. The van der Waals surface area contributed by atoms with Crippen molar-refractivity contribution in [3.8, 4) is 11.3 Å². The molecule has 3 aromatic heterocycles. The van der Waals surface area contributed by atoms with Crippen LogP contribution in [0, 0.1) is 0 Å². The first-order chi connectivity index (χ1) is 23.3. The molecule has 0 spiro atoms. The van der Waals surface area contributed by atoms with E-state index in [1.807, 2.05) is 36.4 Å². The molecule has 0 saturated carbocycles. The molecule has 1 saturated heterocycles. The summed E-state index contributed by atoms with van der Waals surface area (Å²) in [5, 5.41) is 0.930. The molecule has 0 bridgehead atoms. The normalized spacial score (nSPS) is 15.6. The predicted octanol–water partition coefficient (Wildman–Crippen LogP) is 7.62. The van der Waals surface area contributed by atoms with Crippen molar-refractivity contribution in [2.45, 2.75) is 39.1 Å². The number of halogens is 3. The summed E-state index contributed by atoms with van der Waals surface area (Å²) < 4.78 is 49.7. The Bertz CT molecular complexity index is 2110. The van der Waals surface area contributed by atoms with Crippen LogP contribution < -0.4 is 9.80 Å². The van der Waals surface area contributed by atoms with Crippen LogP contribution in [-0.4, -0.2) is 75.7 Å². The van der Waals surface area contributed by atoms with E-state index in [-0.39, 0.29) is 44.1 Å². The number of anilines is 3. The lowest BCUT2D eigenvalue weighted by Crippen LogP contribution is -2.50. The lowest BCUT2D eigenvalue weighted by molar-refractivity contribution is -0.137. The maximum Gasteiger partial charge on any atom is 0.418 e. The Morgan fingerprint density at radius 3 is 2.35 bits per heavy atom. The largest absolute Gasteiger partial charge is 0.444 e. The molecule has 5 heterocycles. The molecule has 7 rings (SSSR count). The molecular weight excluding hydrogens is 635 g/mol. The Labute approximate surface area is 280 Å². The number of carbonyl (C=O) groups excluding carboxylic acids is 2. The fraction of sp³-hybridized carbons (Fsp3) is 0.306. The first kappa shape index (κ1) is 32.1. The maximum absolute atomic E-state index is 14.8. The zero-order valence-corrected chi connectivity index (χ0v) is 27.5. The molecule has 0 aliphatic carbocycles. The summed E-state index contributed by atoms with van der Waals surface area (Å²) in [6, 6.07) is 16.7. The Morgan fingerprint density at radius 2 is 1.61 bits per heavy atom. The Morgan fingerprint density at radius 1 is 0.878 bits per heavy atom. The lowest BCUT2D eigenvalue weighted by Gasteiger charge is -2.38. The number of benzene rings is 2. The summed E-state index contributed by atoms with van der Waals surface area (Å²) in [7, 11) is 1.59. The smallest absolute Gasteiger partial charge is 0.418 e. The summed E-state index contributed by atoms with van der Waals surface area (Å²) in [6.45, 7) is 6.27. The van der Waals surface area contributed by atoms with Crippen LogP contribution >= 0.6 is 0 Å². The van der Waals surface area contributed by atoms with Gasteiger partial charge in [0.2, 0.25) is 0 Å². The van der Waals surface area contributed by atoms with E-state index in [0.29, 0.717) is 28.0 Å². The van der Waals surface area contributed by atoms with Crippen LogP contribution in [0.5, 0.6) is 0 Å². The van der Waals surface area contributed by atoms with Gasteiger partial charge < -0.3 is 19.4 Å². The SMILES string of the molecule is CN1Cc2cnc3ccc(-c4cnc5ccccc5c4)nc3c2N(c2ccc(N3CCN(C(=O)OC(C)(C)C)CC3)c(C(F)(F)F)c2)C1=O. The molecular formula is C36H34F3N7O3. The highest BCUT2D eigenvalue weighted by molar-refractivity contribution is 6.08. The number of fused-ring (bicyclic) bond motifs is 4. The van der Waals surface area contributed by atoms with Gasteiger partial charge in [0, 0.05) is 67.8 Å². The van der Waals surface area contributed by atoms with Gasteiger partial charge in [0.05, 0.1) is 40.2 Å². The Balaban J connectivity index is 1.28. The molecule has 0 unspecified atom stereocenters. The number of pyridine rings is 3. The highest BCUT2D eigenvalue weighted by Gasteiger charge is 2.39. The number of hydrogen-bond acceptors (Lipinski definition) is 7. The number of urea groups is 1. The van der Waals surface area contributed by atoms with E-state index in [1.54, 1.807) is 51.2 Å². The van der Waals surface area contributed by atoms with Crippen LogP contribution in [0.2, 0.25) is 0 Å². The Kier molecular flexibility index (Phi) is 7.80. The molecule has 1 fully saturated rings. The van der Waals surface area contributed by atoms with Crippen molar-refractivity contribution in [2.24, 2.45) is 0 Å². The van der Waals surface area contributed by atoms with E-state index in [1.165, 1.54) is 26.8 Å². The number of para-hydroxylation sites is 1. The third-order valence-corrected chi connectivity index (χ3v) is 8.61. The number of hydrogen-bond donors (Lipinski definition) is 0. The monoisotopic (exact) mass is 669 g/mol. The fourth-order valence-electron chi connectivity index (χ4n) is 6.28. The maximum atomic E-state index is 14.8. The van der Waals surface area contributed by atoms with Gasteiger partial charge >= 0.3 is 18.3 Å². The van der Waals surface area contributed by atoms with Gasteiger partial charge in [-0.25, -0.2) is 14.6 Å². The molecule has 5 aromatic rings. The topological polar surface area (TPSA) is 95.0 Å². The van der Waals surface area contributed by atoms with Gasteiger partial charge in [-0.2, -0.15) is 13.2 Å². The standard InChI is InChI=1S/C36H34F3N7O3/c1-35(2,3)49-34(48)45-15-13-44(14-16-45)30-12-9-25(18-26(30)36(37,38)39)46-32-24(21-43(4)33(46)47)20-41-29-11-10-28(42-31(29)32)23-17-22-7-5-6-8-27(22)40-19-23/h5-12,17-20H,13-16,21H2,1-4H3. The minimum absolute atomic E-state index is 0.0260. The third kappa shape index (κ3) is 6.16. The summed E-state index contributed by atoms with van der Waals surface area (Å²) in [5.41, 5.74) is 2.54. The molecule has 0 N–H and O–H groups in total. The molecule has 13 heteroatoms. The number of piperazine rings is 1. The number of amides is 3. The van der Waals surface area contributed by atoms with Crippen LogP contribution in [0.25, 0.3) is 33.2 Å². The minimum Gasteiger partial charge on any atom is -0.444 e. The highest BCUT2D eigenvalue weighted by Crippen LogP contribution is 2.44. The van der Waals surface area contributed by atoms with E-state index >= 15 is 0 Å². The molecule has 252 valence electrons. The zero-order chi connectivity index (χ0) is 34.7. The molecule has 2 aromatic carbocycles. The summed E-state index contributed by atoms with van der Waals surface area (Å²) in [4.78, 5) is 46.3. The number of alkyl halides is 3. The van der Waals surface area contributed by atoms with E-state index in [0.717, 1.165) is 22.5 Å². The van der Waals surface area contributed by atoms with Crippen molar-refractivity contribution in [3.63, 3.8) is 0 Å². The van der Waals surface area contributed by atoms with E-state index in [2.05, 4.69) is 9.97 Å². The van der Waals surface area contributed by atoms with Crippen molar-refractivity contribution in [1.29, 1.82) is 0 Å². The van der Waals surface area contributed by atoms with Gasteiger partial charge in [0.1, 0.15) is 11.1 Å².